The fraction of sp³-hybridized carbons (Fsp3) is 0.909. The number of hydrogen-bond acceptors (Lipinski definition) is 4. The zero-order valence-electron chi connectivity index (χ0n) is 10.0. The van der Waals surface area contributed by atoms with Crippen LogP contribution < -0.4 is 10.6 Å². The van der Waals surface area contributed by atoms with Crippen molar-refractivity contribution in [3.05, 3.63) is 0 Å². The van der Waals surface area contributed by atoms with Crippen LogP contribution >= 0.6 is 0 Å². The first-order chi connectivity index (χ1) is 7.79. The van der Waals surface area contributed by atoms with Crippen molar-refractivity contribution in [1.29, 1.82) is 0 Å². The van der Waals surface area contributed by atoms with Gasteiger partial charge in [-0.15, -0.1) is 0 Å². The van der Waals surface area contributed by atoms with Crippen molar-refractivity contribution < 1.29 is 4.79 Å². The summed E-state index contributed by atoms with van der Waals surface area (Å²) in [6.45, 7) is 9.58. The van der Waals surface area contributed by atoms with E-state index in [1.54, 1.807) is 0 Å². The molecule has 1 atom stereocenters. The van der Waals surface area contributed by atoms with Crippen molar-refractivity contribution in [2.75, 3.05) is 52.4 Å². The predicted octanol–water partition coefficient (Wildman–Crippen LogP) is -1.29. The molecule has 0 spiro atoms. The minimum Gasteiger partial charge on any atom is -0.339 e. The monoisotopic (exact) mass is 226 g/mol. The number of piperazine rings is 2. The Morgan fingerprint density at radius 1 is 1.00 bits per heavy atom. The van der Waals surface area contributed by atoms with E-state index in [1.165, 1.54) is 0 Å². The Morgan fingerprint density at radius 2 is 1.50 bits per heavy atom. The Kier molecular flexibility index (Phi) is 4.15. The third-order valence-electron chi connectivity index (χ3n) is 3.49. The van der Waals surface area contributed by atoms with Gasteiger partial charge in [0.1, 0.15) is 0 Å². The van der Waals surface area contributed by atoms with E-state index in [0.717, 1.165) is 52.4 Å². The second kappa shape index (κ2) is 5.61. The van der Waals surface area contributed by atoms with Gasteiger partial charge in [0.2, 0.25) is 5.91 Å². The minimum atomic E-state index is 0.0419. The lowest BCUT2D eigenvalue weighted by Crippen LogP contribution is -2.56. The number of nitrogens with one attached hydrogen (secondary N) is 2. The average molecular weight is 226 g/mol. The van der Waals surface area contributed by atoms with Crippen LogP contribution in [0.15, 0.2) is 0 Å². The zero-order chi connectivity index (χ0) is 11.4. The summed E-state index contributed by atoms with van der Waals surface area (Å²) in [6.07, 6.45) is 0. The van der Waals surface area contributed by atoms with Crippen LogP contribution in [0.2, 0.25) is 0 Å². The molecule has 0 radical (unpaired) electrons. The number of hydrogen-bond donors (Lipinski definition) is 2. The first kappa shape index (κ1) is 11.8. The molecule has 5 heteroatoms. The van der Waals surface area contributed by atoms with Crippen LogP contribution in [0.1, 0.15) is 6.92 Å². The highest BCUT2D eigenvalue weighted by Crippen LogP contribution is 2.06. The summed E-state index contributed by atoms with van der Waals surface area (Å²) in [5, 5.41) is 6.58. The van der Waals surface area contributed by atoms with E-state index >= 15 is 0 Å². The molecule has 2 fully saturated rings. The Balaban J connectivity index is 1.86. The van der Waals surface area contributed by atoms with E-state index in [9.17, 15) is 4.79 Å². The van der Waals surface area contributed by atoms with Crippen molar-refractivity contribution in [3.63, 3.8) is 0 Å². The maximum atomic E-state index is 12.2. The molecule has 0 aromatic rings. The van der Waals surface area contributed by atoms with Crippen molar-refractivity contribution in [2.24, 2.45) is 0 Å². The van der Waals surface area contributed by atoms with E-state index in [2.05, 4.69) is 15.5 Å². The fourth-order valence-corrected chi connectivity index (χ4v) is 2.38. The van der Waals surface area contributed by atoms with Gasteiger partial charge in [-0.2, -0.15) is 0 Å². The quantitative estimate of drug-likeness (QED) is 0.615. The number of carbonyl (C=O) groups excluding carboxylic acids is 1. The van der Waals surface area contributed by atoms with Gasteiger partial charge in [0.25, 0.3) is 0 Å². The highest BCUT2D eigenvalue weighted by Gasteiger charge is 2.27. The molecular formula is C11H22N4O. The van der Waals surface area contributed by atoms with Crippen molar-refractivity contribution in [1.82, 2.24) is 20.4 Å². The summed E-state index contributed by atoms with van der Waals surface area (Å²) in [5.74, 6) is 0.295. The summed E-state index contributed by atoms with van der Waals surface area (Å²) in [5.41, 5.74) is 0. The van der Waals surface area contributed by atoms with E-state index < -0.39 is 0 Å². The topological polar surface area (TPSA) is 47.6 Å². The first-order valence-corrected chi connectivity index (χ1v) is 6.23. The minimum absolute atomic E-state index is 0.0419. The smallest absolute Gasteiger partial charge is 0.239 e. The summed E-state index contributed by atoms with van der Waals surface area (Å²) >= 11 is 0. The normalized spacial score (nSPS) is 25.4. The molecule has 2 aliphatic rings. The van der Waals surface area contributed by atoms with Gasteiger partial charge < -0.3 is 15.5 Å². The van der Waals surface area contributed by atoms with Gasteiger partial charge in [0.15, 0.2) is 0 Å². The second-order valence-corrected chi connectivity index (χ2v) is 4.54. The lowest BCUT2D eigenvalue weighted by atomic mass is 10.2. The number of carbonyl (C=O) groups is 1. The van der Waals surface area contributed by atoms with Gasteiger partial charge in [-0.1, -0.05) is 0 Å². The van der Waals surface area contributed by atoms with Crippen LogP contribution in [0.5, 0.6) is 0 Å². The molecule has 2 aliphatic heterocycles. The summed E-state index contributed by atoms with van der Waals surface area (Å²) in [7, 11) is 0. The Hall–Kier alpha value is -0.650. The summed E-state index contributed by atoms with van der Waals surface area (Å²) in [6, 6.07) is 0.0419. The maximum absolute atomic E-state index is 12.2. The zero-order valence-corrected chi connectivity index (χ0v) is 10.0. The molecule has 2 rings (SSSR count). The molecule has 0 bridgehead atoms. The molecule has 0 aliphatic carbocycles. The standard InChI is InChI=1S/C11H22N4O/c1-10(14-6-2-12-3-7-14)11(16)15-8-4-13-5-9-15/h10,12-13H,2-9H2,1H3. The van der Waals surface area contributed by atoms with E-state index in [-0.39, 0.29) is 6.04 Å². The van der Waals surface area contributed by atoms with Crippen LogP contribution in [0.25, 0.3) is 0 Å². The van der Waals surface area contributed by atoms with E-state index in [4.69, 9.17) is 0 Å². The fourth-order valence-electron chi connectivity index (χ4n) is 2.38. The van der Waals surface area contributed by atoms with Crippen molar-refractivity contribution >= 4 is 5.91 Å². The molecule has 1 unspecified atom stereocenters. The van der Waals surface area contributed by atoms with E-state index in [0.29, 0.717) is 5.91 Å². The maximum Gasteiger partial charge on any atom is 0.239 e. The first-order valence-electron chi connectivity index (χ1n) is 6.23. The Morgan fingerprint density at radius 3 is 2.06 bits per heavy atom. The molecule has 2 saturated heterocycles. The Bertz CT molecular complexity index is 234. The summed E-state index contributed by atoms with van der Waals surface area (Å²) < 4.78 is 0. The molecule has 2 N–H and O–H groups in total. The van der Waals surface area contributed by atoms with Crippen LogP contribution in [0.3, 0.4) is 0 Å². The highest BCUT2D eigenvalue weighted by atomic mass is 16.2. The van der Waals surface area contributed by atoms with Crippen LogP contribution in [-0.4, -0.2) is 74.1 Å². The lowest BCUT2D eigenvalue weighted by Gasteiger charge is -2.36. The molecule has 0 aromatic heterocycles. The van der Waals surface area contributed by atoms with Gasteiger partial charge in [-0.3, -0.25) is 9.69 Å². The van der Waals surface area contributed by atoms with Gasteiger partial charge in [-0.25, -0.2) is 0 Å². The largest absolute Gasteiger partial charge is 0.339 e. The summed E-state index contributed by atoms with van der Waals surface area (Å²) in [4.78, 5) is 16.5. The Labute approximate surface area is 97.2 Å². The highest BCUT2D eigenvalue weighted by molar-refractivity contribution is 5.81. The average Bonchev–Trinajstić information content (AvgIpc) is 2.39. The van der Waals surface area contributed by atoms with Gasteiger partial charge in [0.05, 0.1) is 6.04 Å². The van der Waals surface area contributed by atoms with Gasteiger partial charge in [0, 0.05) is 52.4 Å². The number of nitrogens with zero attached hydrogens (tertiary/aromatic N) is 2. The molecule has 16 heavy (non-hydrogen) atoms. The molecule has 0 aromatic carbocycles. The number of amides is 1. The van der Waals surface area contributed by atoms with E-state index in [1.807, 2.05) is 11.8 Å². The molecule has 92 valence electrons. The third kappa shape index (κ3) is 2.72. The molecule has 1 amide bonds. The van der Waals surface area contributed by atoms with Crippen molar-refractivity contribution in [3.8, 4) is 0 Å². The number of rotatable bonds is 2. The lowest BCUT2D eigenvalue weighted by molar-refractivity contribution is -0.137. The van der Waals surface area contributed by atoms with Crippen LogP contribution in [0, 0.1) is 0 Å². The van der Waals surface area contributed by atoms with Crippen molar-refractivity contribution in [2.45, 2.75) is 13.0 Å². The van der Waals surface area contributed by atoms with Crippen LogP contribution in [-0.2, 0) is 4.79 Å². The molecular weight excluding hydrogens is 204 g/mol. The molecule has 0 saturated carbocycles. The van der Waals surface area contributed by atoms with Gasteiger partial charge in [-0.05, 0) is 6.92 Å². The third-order valence-corrected chi connectivity index (χ3v) is 3.49. The predicted molar refractivity (Wildman–Crippen MR) is 63.4 cm³/mol. The van der Waals surface area contributed by atoms with Gasteiger partial charge >= 0.3 is 0 Å². The second-order valence-electron chi connectivity index (χ2n) is 4.54. The SMILES string of the molecule is CC(C(=O)N1CCNCC1)N1CCNCC1. The molecule has 5 nitrogen and oxygen atoms in total. The molecule has 2 heterocycles. The van der Waals surface area contributed by atoms with Crippen LogP contribution in [0.4, 0.5) is 0 Å².